The van der Waals surface area contributed by atoms with Crippen molar-refractivity contribution in [1.82, 2.24) is 0 Å². The van der Waals surface area contributed by atoms with Crippen LogP contribution < -0.4 is 0 Å². The summed E-state index contributed by atoms with van der Waals surface area (Å²) in [6.45, 7) is 0. The van der Waals surface area contributed by atoms with Gasteiger partial charge in [-0.25, -0.2) is 4.39 Å². The van der Waals surface area contributed by atoms with Gasteiger partial charge in [-0.15, -0.1) is 0 Å². The van der Waals surface area contributed by atoms with Gasteiger partial charge in [0.25, 0.3) is 0 Å². The first-order valence-electron chi connectivity index (χ1n) is 3.68. The van der Waals surface area contributed by atoms with E-state index in [-0.39, 0.29) is 0 Å². The van der Waals surface area contributed by atoms with Crippen LogP contribution in [0.1, 0.15) is 15.9 Å². The van der Waals surface area contributed by atoms with Crippen molar-refractivity contribution in [2.45, 2.75) is 4.83 Å². The number of hydrogen-bond acceptors (Lipinski definition) is 2. The van der Waals surface area contributed by atoms with Gasteiger partial charge in [-0.1, -0.05) is 6.07 Å². The fraction of sp³-hybridized carbons (Fsp3) is 0.111. The van der Waals surface area contributed by atoms with Crippen molar-refractivity contribution in [3.8, 4) is 6.07 Å². The van der Waals surface area contributed by atoms with Crippen molar-refractivity contribution in [2.75, 3.05) is 0 Å². The van der Waals surface area contributed by atoms with E-state index in [9.17, 15) is 18.0 Å². The Morgan fingerprint density at radius 3 is 2.53 bits per heavy atom. The maximum Gasteiger partial charge on any atom is 0.363 e. The molecule has 0 atom stereocenters. The highest BCUT2D eigenvalue weighted by Gasteiger charge is 2.37. The van der Waals surface area contributed by atoms with E-state index in [1.165, 1.54) is 6.07 Å². The first kappa shape index (κ1) is 11.7. The van der Waals surface area contributed by atoms with Gasteiger partial charge in [0.05, 0.1) is 5.56 Å². The minimum Gasteiger partial charge on any atom is -0.286 e. The summed E-state index contributed by atoms with van der Waals surface area (Å²) in [5, 5.41) is 8.51. The minimum atomic E-state index is -3.80. The van der Waals surface area contributed by atoms with Crippen LogP contribution in [0.4, 0.5) is 13.2 Å². The Labute approximate surface area is 91.4 Å². The molecule has 0 saturated carbocycles. The molecule has 0 aliphatic rings. The lowest BCUT2D eigenvalue weighted by molar-refractivity contribution is 0.0592. The molecular formula is C9H3BrF3NO. The molecule has 0 aliphatic carbocycles. The highest BCUT2D eigenvalue weighted by molar-refractivity contribution is 9.10. The smallest absolute Gasteiger partial charge is 0.286 e. The monoisotopic (exact) mass is 277 g/mol. The summed E-state index contributed by atoms with van der Waals surface area (Å²) < 4.78 is 38.1. The van der Waals surface area contributed by atoms with Crippen molar-refractivity contribution in [3.63, 3.8) is 0 Å². The lowest BCUT2D eigenvalue weighted by atomic mass is 10.0. The standard InChI is InChI=1S/C9H3BrF3NO/c10-9(12,13)8(15)5-2-1-3-7(11)6(5)4-14/h1-3H. The van der Waals surface area contributed by atoms with E-state index in [0.29, 0.717) is 0 Å². The molecule has 78 valence electrons. The fourth-order valence-corrected chi connectivity index (χ4v) is 1.19. The second-order valence-corrected chi connectivity index (χ2v) is 3.60. The Bertz CT molecular complexity index is 448. The highest BCUT2D eigenvalue weighted by atomic mass is 79.9. The van der Waals surface area contributed by atoms with Crippen molar-refractivity contribution >= 4 is 21.7 Å². The molecule has 0 bridgehead atoms. The molecule has 0 radical (unpaired) electrons. The number of carbonyl (C=O) groups is 1. The SMILES string of the molecule is N#Cc1c(F)cccc1C(=O)C(F)(F)Br. The summed E-state index contributed by atoms with van der Waals surface area (Å²) in [6.07, 6.45) is 0. The number of benzene rings is 1. The topological polar surface area (TPSA) is 40.9 Å². The average Bonchev–Trinajstić information content (AvgIpc) is 2.14. The van der Waals surface area contributed by atoms with Crippen LogP contribution in [0.3, 0.4) is 0 Å². The maximum atomic E-state index is 13.0. The third-order valence-corrected chi connectivity index (χ3v) is 1.99. The first-order chi connectivity index (χ1) is 6.88. The number of halogens is 4. The number of nitrogens with zero attached hydrogens (tertiary/aromatic N) is 1. The molecule has 0 fully saturated rings. The number of hydrogen-bond donors (Lipinski definition) is 0. The van der Waals surface area contributed by atoms with E-state index in [1.54, 1.807) is 0 Å². The zero-order chi connectivity index (χ0) is 11.6. The summed E-state index contributed by atoms with van der Waals surface area (Å²) in [6, 6.07) is 4.34. The molecule has 0 unspecified atom stereocenters. The van der Waals surface area contributed by atoms with Crippen LogP contribution in [0.2, 0.25) is 0 Å². The molecule has 0 amide bonds. The van der Waals surface area contributed by atoms with Crippen LogP contribution in [-0.2, 0) is 0 Å². The maximum absolute atomic E-state index is 13.0. The predicted octanol–water partition coefficient (Wildman–Crippen LogP) is 2.87. The van der Waals surface area contributed by atoms with Gasteiger partial charge in [0.1, 0.15) is 11.9 Å². The van der Waals surface area contributed by atoms with Crippen LogP contribution in [-0.4, -0.2) is 10.6 Å². The number of alkyl halides is 3. The Balaban J connectivity index is 3.34. The molecule has 1 rings (SSSR count). The van der Waals surface area contributed by atoms with Crippen molar-refractivity contribution in [1.29, 1.82) is 5.26 Å². The summed E-state index contributed by atoms with van der Waals surface area (Å²) in [5.41, 5.74) is -1.32. The number of ketones is 1. The lowest BCUT2D eigenvalue weighted by Crippen LogP contribution is -2.22. The lowest BCUT2D eigenvalue weighted by Gasteiger charge is -2.08. The summed E-state index contributed by atoms with van der Waals surface area (Å²) in [7, 11) is 0. The molecule has 15 heavy (non-hydrogen) atoms. The Kier molecular flexibility index (Phi) is 3.15. The van der Waals surface area contributed by atoms with Gasteiger partial charge in [0.2, 0.25) is 5.78 Å². The zero-order valence-corrected chi connectivity index (χ0v) is 8.69. The second kappa shape index (κ2) is 4.03. The van der Waals surface area contributed by atoms with Crippen LogP contribution >= 0.6 is 15.9 Å². The third-order valence-electron chi connectivity index (χ3n) is 1.63. The van der Waals surface area contributed by atoms with Crippen molar-refractivity contribution < 1.29 is 18.0 Å². The van der Waals surface area contributed by atoms with E-state index < -0.39 is 27.6 Å². The Morgan fingerprint density at radius 2 is 2.07 bits per heavy atom. The van der Waals surface area contributed by atoms with E-state index >= 15 is 0 Å². The molecule has 0 heterocycles. The quantitative estimate of drug-likeness (QED) is 0.616. The molecule has 0 spiro atoms. The number of Topliss-reactive ketones (excluding diaryl/α,β-unsaturated/α-hetero) is 1. The minimum absolute atomic E-state index is 0.639. The molecular weight excluding hydrogens is 275 g/mol. The fourth-order valence-electron chi connectivity index (χ4n) is 0.980. The van der Waals surface area contributed by atoms with Crippen molar-refractivity contribution in [2.24, 2.45) is 0 Å². The molecule has 1 aromatic rings. The van der Waals surface area contributed by atoms with Crippen LogP contribution in [0.25, 0.3) is 0 Å². The third kappa shape index (κ3) is 2.36. The molecule has 0 aromatic heterocycles. The zero-order valence-electron chi connectivity index (χ0n) is 7.10. The van der Waals surface area contributed by atoms with Gasteiger partial charge < -0.3 is 0 Å². The van der Waals surface area contributed by atoms with Gasteiger partial charge in [0.15, 0.2) is 0 Å². The molecule has 6 heteroatoms. The van der Waals surface area contributed by atoms with Crippen LogP contribution in [0, 0.1) is 17.1 Å². The first-order valence-corrected chi connectivity index (χ1v) is 4.47. The van der Waals surface area contributed by atoms with Crippen LogP contribution in [0.15, 0.2) is 18.2 Å². The van der Waals surface area contributed by atoms with E-state index in [0.717, 1.165) is 18.2 Å². The number of rotatable bonds is 2. The van der Waals surface area contributed by atoms with Gasteiger partial charge in [-0.05, 0) is 28.1 Å². The number of nitriles is 1. The van der Waals surface area contributed by atoms with Gasteiger partial charge in [-0.2, -0.15) is 14.0 Å². The Hall–Kier alpha value is -1.35. The molecule has 0 aliphatic heterocycles. The van der Waals surface area contributed by atoms with Gasteiger partial charge in [0, 0.05) is 5.56 Å². The van der Waals surface area contributed by atoms with E-state index in [1.807, 2.05) is 15.9 Å². The van der Waals surface area contributed by atoms with Gasteiger partial charge in [-0.3, -0.25) is 4.79 Å². The van der Waals surface area contributed by atoms with E-state index in [4.69, 9.17) is 5.26 Å². The number of carbonyl (C=O) groups excluding carboxylic acids is 1. The molecule has 1 aromatic carbocycles. The average molecular weight is 278 g/mol. The summed E-state index contributed by atoms with van der Waals surface area (Å²) >= 11 is 1.85. The normalized spacial score (nSPS) is 10.9. The molecule has 2 nitrogen and oxygen atoms in total. The highest BCUT2D eigenvalue weighted by Crippen LogP contribution is 2.28. The summed E-state index contributed by atoms with van der Waals surface area (Å²) in [5.74, 6) is -2.64. The molecule has 0 N–H and O–H groups in total. The second-order valence-electron chi connectivity index (χ2n) is 2.60. The van der Waals surface area contributed by atoms with Crippen molar-refractivity contribution in [3.05, 3.63) is 35.1 Å². The van der Waals surface area contributed by atoms with Gasteiger partial charge >= 0.3 is 4.83 Å². The predicted molar refractivity (Wildman–Crippen MR) is 49.3 cm³/mol. The largest absolute Gasteiger partial charge is 0.363 e. The van der Waals surface area contributed by atoms with E-state index in [2.05, 4.69) is 0 Å². The molecule has 0 saturated heterocycles. The Morgan fingerprint density at radius 1 is 1.47 bits per heavy atom. The summed E-state index contributed by atoms with van der Waals surface area (Å²) in [4.78, 5) is 7.28. The van der Waals surface area contributed by atoms with Crippen LogP contribution in [0.5, 0.6) is 0 Å².